The fraction of sp³-hybridized carbons (Fsp3) is 0.519. The summed E-state index contributed by atoms with van der Waals surface area (Å²) in [6.45, 7) is 7.13. The van der Waals surface area contributed by atoms with Crippen LogP contribution in [-0.4, -0.2) is 5.97 Å². The second-order valence-corrected chi connectivity index (χ2v) is 8.18. The van der Waals surface area contributed by atoms with E-state index in [2.05, 4.69) is 62.6 Å². The van der Waals surface area contributed by atoms with Crippen molar-refractivity contribution in [3.63, 3.8) is 0 Å². The van der Waals surface area contributed by atoms with Crippen molar-refractivity contribution in [1.29, 1.82) is 0 Å². The first kappa shape index (κ1) is 24.1. The van der Waals surface area contributed by atoms with Crippen molar-refractivity contribution in [2.75, 3.05) is 0 Å². The average Bonchev–Trinajstić information content (AvgIpc) is 2.77. The molecule has 0 saturated carbocycles. The Morgan fingerprint density at radius 1 is 0.733 bits per heavy atom. The topological polar surface area (TPSA) is 38.3 Å². The first-order valence-electron chi connectivity index (χ1n) is 11.8. The molecule has 0 saturated heterocycles. The Balaban J connectivity index is 1.93. The largest absolute Gasteiger partial charge is 0.366 e. The number of rotatable bonds is 14. The number of unbranched alkanes of at least 4 members (excludes halogenated alkanes) is 4. The molecule has 0 aromatic heterocycles. The predicted molar refractivity (Wildman–Crippen MR) is 126 cm³/mol. The molecule has 0 aliphatic rings. The van der Waals surface area contributed by atoms with Crippen LogP contribution in [0, 0.1) is 0 Å². The molecule has 1 N–H and O–H groups in total. The summed E-state index contributed by atoms with van der Waals surface area (Å²) in [5, 5.41) is 0. The summed E-state index contributed by atoms with van der Waals surface area (Å²) >= 11 is 0. The highest BCUT2D eigenvalue weighted by Crippen LogP contribution is 2.18. The van der Waals surface area contributed by atoms with E-state index in [4.69, 9.17) is 4.84 Å². The summed E-state index contributed by atoms with van der Waals surface area (Å²) in [6, 6.07) is 14.8. The van der Waals surface area contributed by atoms with Gasteiger partial charge in [0.05, 0.1) is 12.1 Å². The summed E-state index contributed by atoms with van der Waals surface area (Å²) in [4.78, 5) is 18.1. The first-order chi connectivity index (χ1) is 14.7. The van der Waals surface area contributed by atoms with E-state index in [1.54, 1.807) is 0 Å². The van der Waals surface area contributed by atoms with Crippen molar-refractivity contribution in [2.24, 2.45) is 0 Å². The number of benzene rings is 2. The molecule has 3 heteroatoms. The van der Waals surface area contributed by atoms with Gasteiger partial charge >= 0.3 is 5.97 Å². The van der Waals surface area contributed by atoms with Gasteiger partial charge in [-0.2, -0.15) is 0 Å². The Morgan fingerprint density at radius 3 is 2.00 bits per heavy atom. The number of nitrogens with one attached hydrogen (secondary N) is 1. The average molecular weight is 410 g/mol. The van der Waals surface area contributed by atoms with Crippen LogP contribution in [0.2, 0.25) is 0 Å². The molecule has 164 valence electrons. The molecule has 0 heterocycles. The van der Waals surface area contributed by atoms with Gasteiger partial charge in [0.25, 0.3) is 0 Å². The third kappa shape index (κ3) is 8.31. The van der Waals surface area contributed by atoms with E-state index in [1.807, 2.05) is 6.07 Å². The predicted octanol–water partition coefficient (Wildman–Crippen LogP) is 6.97. The first-order valence-corrected chi connectivity index (χ1v) is 11.8. The van der Waals surface area contributed by atoms with Crippen LogP contribution in [0.15, 0.2) is 42.5 Å². The highest BCUT2D eigenvalue weighted by Gasteiger charge is 2.14. The summed E-state index contributed by atoms with van der Waals surface area (Å²) in [6.07, 6.45) is 11.4. The minimum atomic E-state index is -0.289. The van der Waals surface area contributed by atoms with Crippen molar-refractivity contribution in [1.82, 2.24) is 5.48 Å². The lowest BCUT2D eigenvalue weighted by Gasteiger charge is -2.12. The molecular weight excluding hydrogens is 370 g/mol. The van der Waals surface area contributed by atoms with E-state index in [0.717, 1.165) is 36.8 Å². The Morgan fingerprint density at radius 2 is 1.33 bits per heavy atom. The smallest absolute Gasteiger partial charge is 0.357 e. The van der Waals surface area contributed by atoms with E-state index >= 15 is 0 Å². The van der Waals surface area contributed by atoms with Gasteiger partial charge < -0.3 is 4.84 Å². The van der Waals surface area contributed by atoms with E-state index in [-0.39, 0.29) is 5.97 Å². The van der Waals surface area contributed by atoms with Crippen LogP contribution >= 0.6 is 0 Å². The minimum Gasteiger partial charge on any atom is -0.366 e. The molecule has 0 fully saturated rings. The molecule has 0 spiro atoms. The van der Waals surface area contributed by atoms with Gasteiger partial charge in [0.15, 0.2) is 0 Å². The summed E-state index contributed by atoms with van der Waals surface area (Å²) in [5.41, 5.74) is 8.45. The number of hydrogen-bond donors (Lipinski definition) is 1. The molecule has 0 atom stereocenters. The van der Waals surface area contributed by atoms with Crippen molar-refractivity contribution in [3.8, 4) is 0 Å². The lowest BCUT2D eigenvalue weighted by Crippen LogP contribution is -2.20. The molecule has 2 rings (SSSR count). The van der Waals surface area contributed by atoms with Gasteiger partial charge in [-0.05, 0) is 66.8 Å². The molecule has 0 radical (unpaired) electrons. The molecule has 30 heavy (non-hydrogen) atoms. The number of aryl methyl sites for hydroxylation is 3. The van der Waals surface area contributed by atoms with Crippen LogP contribution in [0.1, 0.15) is 98.3 Å². The third-order valence-electron chi connectivity index (χ3n) is 5.54. The van der Waals surface area contributed by atoms with Crippen LogP contribution < -0.4 is 5.48 Å². The van der Waals surface area contributed by atoms with Gasteiger partial charge in [-0.25, -0.2) is 4.79 Å². The van der Waals surface area contributed by atoms with Gasteiger partial charge in [-0.15, -0.1) is 5.48 Å². The van der Waals surface area contributed by atoms with Crippen LogP contribution in [0.3, 0.4) is 0 Å². The molecule has 0 aliphatic carbocycles. The summed E-state index contributed by atoms with van der Waals surface area (Å²) in [7, 11) is 0. The van der Waals surface area contributed by atoms with E-state index in [1.165, 1.54) is 49.7 Å². The molecule has 0 bridgehead atoms. The molecule has 0 aliphatic heterocycles. The zero-order valence-electron chi connectivity index (χ0n) is 19.1. The van der Waals surface area contributed by atoms with Crippen molar-refractivity contribution < 1.29 is 9.63 Å². The zero-order valence-corrected chi connectivity index (χ0v) is 19.1. The molecule has 0 unspecified atom stereocenters. The number of hydroxylamine groups is 1. The molecule has 2 aromatic rings. The van der Waals surface area contributed by atoms with Gasteiger partial charge in [0.2, 0.25) is 0 Å². The summed E-state index contributed by atoms with van der Waals surface area (Å²) < 4.78 is 0. The quantitative estimate of drug-likeness (QED) is 0.270. The van der Waals surface area contributed by atoms with Crippen LogP contribution in [0.5, 0.6) is 0 Å². The Kier molecular flexibility index (Phi) is 11.2. The fourth-order valence-electron chi connectivity index (χ4n) is 3.60. The normalized spacial score (nSPS) is 10.9. The second kappa shape index (κ2) is 14.0. The molecule has 2 aromatic carbocycles. The Labute approximate surface area is 183 Å². The monoisotopic (exact) mass is 409 g/mol. The maximum atomic E-state index is 12.7. The number of carbonyl (C=O) groups excluding carboxylic acids is 1. The number of carbonyl (C=O) groups is 1. The van der Waals surface area contributed by atoms with Gasteiger partial charge in [0, 0.05) is 0 Å². The highest BCUT2D eigenvalue weighted by atomic mass is 16.7. The zero-order chi connectivity index (χ0) is 21.6. The molecule has 3 nitrogen and oxygen atoms in total. The standard InChI is InChI=1S/C27H39NO2/c1-4-7-10-13-25-20-23(12-9-6-3)18-19-26(25)27(29)30-28-21-24-16-14-22(15-17-24)11-8-5-2/h14-20,28H,4-13,21H2,1-3H3. The molecule has 0 amide bonds. The highest BCUT2D eigenvalue weighted by molar-refractivity contribution is 5.91. The second-order valence-electron chi connectivity index (χ2n) is 8.18. The van der Waals surface area contributed by atoms with Crippen LogP contribution in [-0.2, 0) is 30.6 Å². The van der Waals surface area contributed by atoms with E-state index in [9.17, 15) is 4.79 Å². The van der Waals surface area contributed by atoms with Crippen molar-refractivity contribution >= 4 is 5.97 Å². The fourth-order valence-corrected chi connectivity index (χ4v) is 3.60. The van der Waals surface area contributed by atoms with Crippen LogP contribution in [0.25, 0.3) is 0 Å². The van der Waals surface area contributed by atoms with Crippen molar-refractivity contribution in [2.45, 2.75) is 91.5 Å². The molecular formula is C27H39NO2. The van der Waals surface area contributed by atoms with E-state index in [0.29, 0.717) is 12.1 Å². The van der Waals surface area contributed by atoms with Crippen molar-refractivity contribution in [3.05, 3.63) is 70.3 Å². The maximum absolute atomic E-state index is 12.7. The Hall–Kier alpha value is -2.13. The summed E-state index contributed by atoms with van der Waals surface area (Å²) in [5.74, 6) is -0.289. The lowest BCUT2D eigenvalue weighted by atomic mass is 9.97. The maximum Gasteiger partial charge on any atom is 0.357 e. The SMILES string of the molecule is CCCCCc1cc(CCCC)ccc1C(=O)ONCc1ccc(CCCC)cc1. The Bertz CT molecular complexity index is 752. The van der Waals surface area contributed by atoms with Gasteiger partial charge in [-0.1, -0.05) is 82.9 Å². The van der Waals surface area contributed by atoms with Gasteiger partial charge in [0.1, 0.15) is 0 Å². The third-order valence-corrected chi connectivity index (χ3v) is 5.54. The lowest BCUT2D eigenvalue weighted by molar-refractivity contribution is 0.0236. The van der Waals surface area contributed by atoms with Crippen LogP contribution in [0.4, 0.5) is 0 Å². The minimum absolute atomic E-state index is 0.289. The number of hydrogen-bond acceptors (Lipinski definition) is 3. The van der Waals surface area contributed by atoms with E-state index < -0.39 is 0 Å². The van der Waals surface area contributed by atoms with Gasteiger partial charge in [-0.3, -0.25) is 0 Å².